The summed E-state index contributed by atoms with van der Waals surface area (Å²) in [4.78, 5) is 0. The Morgan fingerprint density at radius 1 is 0.500 bits per heavy atom. The van der Waals surface area contributed by atoms with Crippen molar-refractivity contribution >= 4 is 0 Å². The molecule has 0 heterocycles. The van der Waals surface area contributed by atoms with E-state index in [4.69, 9.17) is 4.74 Å². The third-order valence-corrected chi connectivity index (χ3v) is 9.60. The van der Waals surface area contributed by atoms with Gasteiger partial charge in [0.2, 0.25) is 0 Å². The molecule has 1 aliphatic rings. The van der Waals surface area contributed by atoms with Gasteiger partial charge in [-0.1, -0.05) is 174 Å². The van der Waals surface area contributed by atoms with Crippen LogP contribution in [0.25, 0.3) is 0 Å². The number of hydrogen-bond donors (Lipinski definition) is 2. The van der Waals surface area contributed by atoms with Crippen LogP contribution in [0, 0.1) is 21.0 Å². The van der Waals surface area contributed by atoms with Crippen molar-refractivity contribution in [3.05, 3.63) is 194 Å². The van der Waals surface area contributed by atoms with E-state index in [1.54, 1.807) is 0 Å². The molecule has 7 rings (SSSR count). The van der Waals surface area contributed by atoms with Crippen LogP contribution in [0.2, 0.25) is 0 Å². The Hall–Kier alpha value is -4.38. The molecule has 0 unspecified atom stereocenters. The monoisotopic (exact) mass is 825 g/mol. The van der Waals surface area contributed by atoms with Gasteiger partial charge in [0.25, 0.3) is 0 Å². The number of rotatable bonds is 5. The van der Waals surface area contributed by atoms with Crippen molar-refractivity contribution in [2.75, 3.05) is 0 Å². The Morgan fingerprint density at radius 3 is 1.12 bits per heavy atom. The van der Waals surface area contributed by atoms with Gasteiger partial charge in [-0.3, -0.25) is 0 Å². The summed E-state index contributed by atoms with van der Waals surface area (Å²) in [5, 5.41) is 37.7. The van der Waals surface area contributed by atoms with Crippen LogP contribution >= 0.6 is 0 Å². The molecule has 8 bridgehead atoms. The second-order valence-corrected chi connectivity index (χ2v) is 13.5. The van der Waals surface area contributed by atoms with Crippen LogP contribution in [0.15, 0.2) is 109 Å². The first-order valence-corrected chi connectivity index (χ1v) is 18.8. The van der Waals surface area contributed by atoms with Gasteiger partial charge in [0.1, 0.15) is 11.5 Å². The van der Waals surface area contributed by atoms with Crippen LogP contribution in [0.1, 0.15) is 120 Å². The van der Waals surface area contributed by atoms with Crippen molar-refractivity contribution in [3.8, 4) is 23.0 Å². The summed E-state index contributed by atoms with van der Waals surface area (Å²) in [7, 11) is 3.85. The van der Waals surface area contributed by atoms with E-state index in [-0.39, 0.29) is 77.7 Å². The Balaban J connectivity index is 0.00000150. The van der Waals surface area contributed by atoms with Crippen molar-refractivity contribution in [1.29, 1.82) is 0 Å². The zero-order valence-corrected chi connectivity index (χ0v) is 35.5. The number of phenols is 2. The normalized spacial score (nSPS) is 11.1. The minimum absolute atomic E-state index is 0. The molecule has 56 heavy (non-hydrogen) atoms. The van der Waals surface area contributed by atoms with Gasteiger partial charge in [0.05, 0.1) is 5.75 Å². The largest absolute Gasteiger partial charge is 0.872 e. The third kappa shape index (κ3) is 11.4. The first-order chi connectivity index (χ1) is 25.7. The molecular weight excluding hydrogens is 765 g/mol. The van der Waals surface area contributed by atoms with Crippen molar-refractivity contribution in [1.82, 2.24) is 0 Å². The fourth-order valence-electron chi connectivity index (χ4n) is 7.46. The third-order valence-electron chi connectivity index (χ3n) is 9.60. The maximum atomic E-state index is 14.2. The molecule has 6 aromatic carbocycles. The number of aromatic hydroxyl groups is 2. The molecule has 0 aromatic heterocycles. The Kier molecular flexibility index (Phi) is 19.1. The number of ether oxygens (including phenoxy) is 1. The molecule has 0 aliphatic heterocycles. The quantitative estimate of drug-likeness (QED) is 0.170. The van der Waals surface area contributed by atoms with Crippen LogP contribution < -0.4 is 9.84 Å². The van der Waals surface area contributed by atoms with Gasteiger partial charge in [-0.2, -0.15) is 7.11 Å². The second-order valence-electron chi connectivity index (χ2n) is 13.5. The maximum Gasteiger partial charge on any atom is 0.122 e. The zero-order chi connectivity index (χ0) is 38.1. The van der Waals surface area contributed by atoms with Crippen molar-refractivity contribution in [3.63, 3.8) is 0 Å². The zero-order valence-electron chi connectivity index (χ0n) is 32.6. The molecule has 0 saturated heterocycles. The first-order valence-electron chi connectivity index (χ1n) is 18.8. The molecule has 4 nitrogen and oxygen atoms in total. The molecule has 0 spiro atoms. The molecule has 0 atom stereocenters. The summed E-state index contributed by atoms with van der Waals surface area (Å²) in [6, 6.07) is 36.7. The molecule has 1 aliphatic carbocycles. The molecule has 0 saturated carbocycles. The second kappa shape index (κ2) is 22.4. The molecular formula is C51H60O4Y-2. The standard InChI is InChI=1S/C45H41O4.2C2H6.2CH4.Y/c1-28-14-34-24-38-20-32(18-30-10-6-4-7-11-30)21-39(44(38)48)25-35-15-29(2)17-37(43(35)47)27-41-23-33(19-31-12-8-5-9-13-31)22-40(45(41)49-3)26-36(16-28)42(34)46;2*1-2;;;/h4-17,20-23,46-48H,3,18-19,24-27H2,1-2H3;2*1-2H3;2*1H4;/q-1;;;;;/p-1. The first kappa shape index (κ1) is 47.8. The van der Waals surface area contributed by atoms with E-state index in [0.717, 1.165) is 56.5 Å². The van der Waals surface area contributed by atoms with Crippen LogP contribution in [-0.2, 0) is 71.2 Å². The predicted molar refractivity (Wildman–Crippen MR) is 230 cm³/mol. The summed E-state index contributed by atoms with van der Waals surface area (Å²) in [5.74, 6) is 0.968. The van der Waals surface area contributed by atoms with Gasteiger partial charge in [0.15, 0.2) is 0 Å². The smallest absolute Gasteiger partial charge is 0.122 e. The average molecular weight is 826 g/mol. The van der Waals surface area contributed by atoms with Gasteiger partial charge in [-0.25, -0.2) is 0 Å². The van der Waals surface area contributed by atoms with Gasteiger partial charge in [-0.05, 0) is 82.3 Å². The van der Waals surface area contributed by atoms with Crippen molar-refractivity contribution in [2.24, 2.45) is 0 Å². The van der Waals surface area contributed by atoms with Crippen LogP contribution in [0.3, 0.4) is 0 Å². The molecule has 0 fully saturated rings. The van der Waals surface area contributed by atoms with Gasteiger partial charge >= 0.3 is 0 Å². The van der Waals surface area contributed by atoms with Crippen LogP contribution in [0.4, 0.5) is 0 Å². The van der Waals surface area contributed by atoms with E-state index in [1.807, 2.05) is 114 Å². The summed E-state index contributed by atoms with van der Waals surface area (Å²) < 4.78 is 5.87. The maximum absolute atomic E-state index is 14.2. The van der Waals surface area contributed by atoms with Gasteiger partial charge < -0.3 is 20.1 Å². The molecule has 1 radical (unpaired) electrons. The molecule has 0 amide bonds. The molecule has 2 N–H and O–H groups in total. The Labute approximate surface area is 362 Å². The predicted octanol–water partition coefficient (Wildman–Crippen LogP) is 12.1. The number of fused-ring (bicyclic) bond motifs is 8. The van der Waals surface area contributed by atoms with Gasteiger partial charge in [-0.15, -0.1) is 5.75 Å². The number of aryl methyl sites for hydroxylation is 2. The summed E-state index contributed by atoms with van der Waals surface area (Å²) in [5.41, 5.74) is 12.5. The minimum atomic E-state index is -0.0580. The number of hydrogen-bond acceptors (Lipinski definition) is 4. The summed E-state index contributed by atoms with van der Waals surface area (Å²) in [6.45, 7) is 12.0. The van der Waals surface area contributed by atoms with E-state index < -0.39 is 0 Å². The van der Waals surface area contributed by atoms with E-state index in [2.05, 4.69) is 43.5 Å². The fourth-order valence-corrected chi connectivity index (χ4v) is 7.46. The number of benzene rings is 6. The SMILES string of the molecule is C.C.CC.CC.[CH2-]Oc1c2cc(Cc3ccccc3)cc1Cc1cc(C)cc(c1O)Cc1cc(Cc3ccccc3)cc(c1[O-])Cc1cc(C)cc(c1O)C2.[Y]. The average Bonchev–Trinajstić information content (AvgIpc) is 3.16. The van der Waals surface area contributed by atoms with E-state index >= 15 is 0 Å². The fraction of sp³-hybridized carbons (Fsp3) is 0.275. The summed E-state index contributed by atoms with van der Waals surface area (Å²) >= 11 is 0. The van der Waals surface area contributed by atoms with Gasteiger partial charge in [0, 0.05) is 58.4 Å². The summed E-state index contributed by atoms with van der Waals surface area (Å²) in [6.07, 6.45) is 2.80. The van der Waals surface area contributed by atoms with Crippen molar-refractivity contribution in [2.45, 2.75) is 94.9 Å². The Bertz CT molecular complexity index is 2050. The molecule has 6 aromatic rings. The van der Waals surface area contributed by atoms with E-state index in [0.29, 0.717) is 47.3 Å². The topological polar surface area (TPSA) is 72.8 Å². The number of phenolic OH excluding ortho intramolecular Hbond substituents is 2. The van der Waals surface area contributed by atoms with E-state index in [9.17, 15) is 15.3 Å². The minimum Gasteiger partial charge on any atom is -0.872 e. The molecule has 5 heteroatoms. The molecule has 293 valence electrons. The Morgan fingerprint density at radius 2 is 0.804 bits per heavy atom. The van der Waals surface area contributed by atoms with Crippen LogP contribution in [-0.4, -0.2) is 10.2 Å². The van der Waals surface area contributed by atoms with Crippen molar-refractivity contribution < 1.29 is 52.8 Å². The van der Waals surface area contributed by atoms with Crippen LogP contribution in [0.5, 0.6) is 23.0 Å². The van der Waals surface area contributed by atoms with E-state index in [1.165, 1.54) is 5.56 Å².